The first-order chi connectivity index (χ1) is 7.29. The molecule has 88 valence electrons. The molecule has 0 radical (unpaired) electrons. The van der Waals surface area contributed by atoms with Crippen LogP contribution in [0.25, 0.3) is 0 Å². The maximum atomic E-state index is 8.62. The van der Waals surface area contributed by atoms with Gasteiger partial charge in [-0.05, 0) is 19.9 Å². The third kappa shape index (κ3) is 6.66. The fourth-order valence-electron chi connectivity index (χ4n) is 1.69. The minimum Gasteiger partial charge on any atom is -0.357 e. The lowest BCUT2D eigenvalue weighted by atomic mass is 10.5. The van der Waals surface area contributed by atoms with E-state index in [1.807, 2.05) is 13.8 Å². The van der Waals surface area contributed by atoms with Crippen molar-refractivity contribution < 1.29 is 9.47 Å². The monoisotopic (exact) mass is 229 g/mol. The summed E-state index contributed by atoms with van der Waals surface area (Å²) in [5.41, 5.74) is 0. The number of nitriles is 1. The summed E-state index contributed by atoms with van der Waals surface area (Å²) in [5.74, 6) is 0.00769. The van der Waals surface area contributed by atoms with Crippen LogP contribution in [0.4, 0.5) is 0 Å². The van der Waals surface area contributed by atoms with Crippen LogP contribution in [-0.2, 0) is 9.47 Å². The van der Waals surface area contributed by atoms with Crippen LogP contribution in [0.2, 0.25) is 12.1 Å². The second kappa shape index (κ2) is 10.2. The first-order valence-corrected chi connectivity index (χ1v) is 8.20. The largest absolute Gasteiger partial charge is 0.357 e. The van der Waals surface area contributed by atoms with Gasteiger partial charge in [0.2, 0.25) is 0 Å². The number of ether oxygens (including phenoxy) is 2. The van der Waals surface area contributed by atoms with Crippen LogP contribution in [0.3, 0.4) is 0 Å². The summed E-state index contributed by atoms with van der Waals surface area (Å²) < 4.78 is 11.2. The molecule has 0 aromatic rings. The molecule has 0 aliphatic heterocycles. The fourth-order valence-corrected chi connectivity index (χ4v) is 4.69. The van der Waals surface area contributed by atoms with Gasteiger partial charge in [0.1, 0.15) is 14.7 Å². The smallest absolute Gasteiger partial charge is 0.138 e. The molecule has 0 fully saturated rings. The van der Waals surface area contributed by atoms with Crippen molar-refractivity contribution in [1.82, 2.24) is 0 Å². The van der Waals surface area contributed by atoms with Gasteiger partial charge in [0, 0.05) is 19.6 Å². The van der Waals surface area contributed by atoms with Gasteiger partial charge in [-0.2, -0.15) is 5.26 Å². The Hall–Kier alpha value is -0.373. The Morgan fingerprint density at radius 2 is 1.73 bits per heavy atom. The summed E-state index contributed by atoms with van der Waals surface area (Å²) in [6.07, 6.45) is 1.81. The van der Waals surface area contributed by atoms with Crippen LogP contribution in [0.5, 0.6) is 0 Å². The van der Waals surface area contributed by atoms with Crippen LogP contribution < -0.4 is 0 Å². The second-order valence-corrected chi connectivity index (χ2v) is 6.74. The minimum absolute atomic E-state index is 0.00769. The Morgan fingerprint density at radius 1 is 1.13 bits per heavy atom. The van der Waals surface area contributed by atoms with E-state index in [4.69, 9.17) is 14.7 Å². The van der Waals surface area contributed by atoms with Gasteiger partial charge >= 0.3 is 0 Å². The number of hydrogen-bond acceptors (Lipinski definition) is 3. The number of nitrogens with zero attached hydrogens (tertiary/aromatic N) is 1. The number of hydrogen-bond donors (Lipinski definition) is 0. The SMILES string of the molecule is CCC[SiH](CCC#N)C(OCC)OCC. The van der Waals surface area contributed by atoms with E-state index in [0.29, 0.717) is 19.6 Å². The molecule has 0 aliphatic rings. The second-order valence-electron chi connectivity index (χ2n) is 3.52. The minimum atomic E-state index is -1.07. The highest BCUT2D eigenvalue weighted by Gasteiger charge is 2.22. The van der Waals surface area contributed by atoms with E-state index < -0.39 is 8.80 Å². The van der Waals surface area contributed by atoms with Crippen molar-refractivity contribution in [2.45, 2.75) is 51.6 Å². The van der Waals surface area contributed by atoms with Crippen molar-refractivity contribution >= 4 is 8.80 Å². The summed E-state index contributed by atoms with van der Waals surface area (Å²) in [6, 6.07) is 4.43. The Balaban J connectivity index is 4.16. The molecule has 0 amide bonds. The Kier molecular flexibility index (Phi) is 9.90. The molecular weight excluding hydrogens is 206 g/mol. The Bertz CT molecular complexity index is 176. The summed E-state index contributed by atoms with van der Waals surface area (Å²) in [4.78, 5) is 0. The predicted molar refractivity (Wildman–Crippen MR) is 64.3 cm³/mol. The number of rotatable bonds is 9. The molecular formula is C11H23NO2Si. The molecule has 4 heteroatoms. The molecule has 1 unspecified atom stereocenters. The zero-order chi connectivity index (χ0) is 11.5. The lowest BCUT2D eigenvalue weighted by Crippen LogP contribution is -2.35. The van der Waals surface area contributed by atoms with Crippen LogP contribution in [0.1, 0.15) is 33.6 Å². The first-order valence-electron chi connectivity index (χ1n) is 5.90. The van der Waals surface area contributed by atoms with Crippen LogP contribution >= 0.6 is 0 Å². The van der Waals surface area contributed by atoms with Crippen molar-refractivity contribution in [2.24, 2.45) is 0 Å². The molecule has 0 rings (SSSR count). The van der Waals surface area contributed by atoms with E-state index >= 15 is 0 Å². The van der Waals surface area contributed by atoms with E-state index in [0.717, 1.165) is 6.04 Å². The highest BCUT2D eigenvalue weighted by Crippen LogP contribution is 2.14. The quantitative estimate of drug-likeness (QED) is 0.450. The summed E-state index contributed by atoms with van der Waals surface area (Å²) in [5, 5.41) is 8.62. The van der Waals surface area contributed by atoms with Crippen molar-refractivity contribution in [2.75, 3.05) is 13.2 Å². The maximum absolute atomic E-state index is 8.62. The predicted octanol–water partition coefficient (Wildman–Crippen LogP) is 2.48. The molecule has 0 saturated heterocycles. The van der Waals surface area contributed by atoms with Gasteiger partial charge < -0.3 is 9.47 Å². The highest BCUT2D eigenvalue weighted by molar-refractivity contribution is 6.59. The zero-order valence-electron chi connectivity index (χ0n) is 10.2. The van der Waals surface area contributed by atoms with Gasteiger partial charge in [-0.1, -0.05) is 19.4 Å². The van der Waals surface area contributed by atoms with Gasteiger partial charge in [0.05, 0.1) is 6.07 Å². The third-order valence-electron chi connectivity index (χ3n) is 2.33. The molecule has 15 heavy (non-hydrogen) atoms. The van der Waals surface area contributed by atoms with E-state index in [-0.39, 0.29) is 5.91 Å². The van der Waals surface area contributed by atoms with Crippen molar-refractivity contribution in [3.63, 3.8) is 0 Å². The molecule has 0 aliphatic carbocycles. The molecule has 0 spiro atoms. The van der Waals surface area contributed by atoms with Gasteiger partial charge in [0.25, 0.3) is 0 Å². The third-order valence-corrected chi connectivity index (χ3v) is 5.84. The van der Waals surface area contributed by atoms with Gasteiger partial charge in [-0.3, -0.25) is 0 Å². The Labute approximate surface area is 95.0 Å². The van der Waals surface area contributed by atoms with E-state index in [1.54, 1.807) is 0 Å². The summed E-state index contributed by atoms with van der Waals surface area (Å²) in [7, 11) is -1.07. The van der Waals surface area contributed by atoms with Gasteiger partial charge in [0.15, 0.2) is 0 Å². The van der Waals surface area contributed by atoms with Crippen LogP contribution in [0.15, 0.2) is 0 Å². The summed E-state index contributed by atoms with van der Waals surface area (Å²) in [6.45, 7) is 7.57. The van der Waals surface area contributed by atoms with E-state index in [1.165, 1.54) is 12.5 Å². The molecule has 1 atom stereocenters. The van der Waals surface area contributed by atoms with Crippen molar-refractivity contribution in [1.29, 1.82) is 5.26 Å². The average molecular weight is 229 g/mol. The maximum Gasteiger partial charge on any atom is 0.138 e. The average Bonchev–Trinajstić information content (AvgIpc) is 2.24. The van der Waals surface area contributed by atoms with E-state index in [9.17, 15) is 0 Å². The highest BCUT2D eigenvalue weighted by atomic mass is 28.3. The van der Waals surface area contributed by atoms with Gasteiger partial charge in [-0.15, -0.1) is 0 Å². The van der Waals surface area contributed by atoms with E-state index in [2.05, 4.69) is 13.0 Å². The molecule has 0 aromatic heterocycles. The Morgan fingerprint density at radius 3 is 2.13 bits per heavy atom. The standard InChI is InChI=1S/C11H23NO2Si/c1-4-9-15(10-7-8-12)11(13-5-2)14-6-3/h11,15H,4-7,9-10H2,1-3H3. The molecule has 0 bridgehead atoms. The summed E-state index contributed by atoms with van der Waals surface area (Å²) >= 11 is 0. The zero-order valence-corrected chi connectivity index (χ0v) is 11.3. The van der Waals surface area contributed by atoms with Crippen molar-refractivity contribution in [3.05, 3.63) is 0 Å². The fraction of sp³-hybridized carbons (Fsp3) is 0.909. The molecule has 0 heterocycles. The molecule has 0 N–H and O–H groups in total. The van der Waals surface area contributed by atoms with Crippen LogP contribution in [-0.4, -0.2) is 27.9 Å². The normalized spacial score (nSPS) is 12.7. The lowest BCUT2D eigenvalue weighted by Gasteiger charge is -2.24. The molecule has 3 nitrogen and oxygen atoms in total. The molecule has 0 saturated carbocycles. The topological polar surface area (TPSA) is 42.2 Å². The van der Waals surface area contributed by atoms with Gasteiger partial charge in [-0.25, -0.2) is 0 Å². The van der Waals surface area contributed by atoms with Crippen LogP contribution in [0, 0.1) is 11.3 Å². The molecule has 0 aromatic carbocycles. The lowest BCUT2D eigenvalue weighted by molar-refractivity contribution is -0.0858. The van der Waals surface area contributed by atoms with Crippen molar-refractivity contribution in [3.8, 4) is 6.07 Å². The first kappa shape index (κ1) is 14.6.